The minimum absolute atomic E-state index is 0.694. The van der Waals surface area contributed by atoms with Crippen LogP contribution in [-0.4, -0.2) is 21.6 Å². The molecule has 56 valence electrons. The van der Waals surface area contributed by atoms with Crippen molar-refractivity contribution in [3.05, 3.63) is 11.9 Å². The Morgan fingerprint density at radius 1 is 1.80 bits per heavy atom. The number of hydrogen-bond donors (Lipinski definition) is 0. The fraction of sp³-hybridized carbons (Fsp3) is 0.600. The topological polar surface area (TPSA) is 39.9 Å². The number of nitrogens with zero attached hydrogens (tertiary/aromatic N) is 3. The second-order valence-electron chi connectivity index (χ2n) is 1.95. The second kappa shape index (κ2) is 3.87. The molecule has 1 aromatic heterocycles. The van der Waals surface area contributed by atoms with Gasteiger partial charge in [-0.1, -0.05) is 5.21 Å². The summed E-state index contributed by atoms with van der Waals surface area (Å²) in [4.78, 5) is 0. The molecule has 0 atom stereocenters. The SMILES string of the molecule is Cn1cc(CCOI)nn1. The largest absolute Gasteiger partial charge is 0.315 e. The van der Waals surface area contributed by atoms with Gasteiger partial charge in [-0.15, -0.1) is 5.10 Å². The number of halogens is 1. The van der Waals surface area contributed by atoms with Crippen molar-refractivity contribution in [3.8, 4) is 0 Å². The first-order valence-corrected chi connectivity index (χ1v) is 3.80. The van der Waals surface area contributed by atoms with Crippen LogP contribution in [0.2, 0.25) is 0 Å². The summed E-state index contributed by atoms with van der Waals surface area (Å²) in [5.74, 6) is 0. The zero-order valence-electron chi connectivity index (χ0n) is 5.62. The van der Waals surface area contributed by atoms with Crippen LogP contribution >= 0.6 is 23.0 Å². The molecule has 0 radical (unpaired) electrons. The van der Waals surface area contributed by atoms with Gasteiger partial charge in [0.25, 0.3) is 0 Å². The predicted molar refractivity (Wildman–Crippen MR) is 44.7 cm³/mol. The van der Waals surface area contributed by atoms with Gasteiger partial charge in [-0.25, -0.2) is 0 Å². The van der Waals surface area contributed by atoms with Crippen LogP contribution in [0.25, 0.3) is 0 Å². The summed E-state index contributed by atoms with van der Waals surface area (Å²) in [6.45, 7) is 0.694. The van der Waals surface area contributed by atoms with Gasteiger partial charge in [0, 0.05) is 19.7 Å². The molecule has 0 amide bonds. The lowest BCUT2D eigenvalue weighted by atomic mass is 10.4. The van der Waals surface area contributed by atoms with E-state index < -0.39 is 0 Å². The average molecular weight is 253 g/mol. The van der Waals surface area contributed by atoms with Crippen molar-refractivity contribution in [2.24, 2.45) is 7.05 Å². The molecule has 1 rings (SSSR count). The van der Waals surface area contributed by atoms with E-state index in [1.807, 2.05) is 36.3 Å². The van der Waals surface area contributed by atoms with Crippen LogP contribution < -0.4 is 0 Å². The van der Waals surface area contributed by atoms with Gasteiger partial charge in [-0.3, -0.25) is 4.68 Å². The van der Waals surface area contributed by atoms with Gasteiger partial charge in [0.05, 0.1) is 12.3 Å². The lowest BCUT2D eigenvalue weighted by Crippen LogP contribution is -1.90. The zero-order valence-corrected chi connectivity index (χ0v) is 7.78. The van der Waals surface area contributed by atoms with Gasteiger partial charge in [0.15, 0.2) is 0 Å². The van der Waals surface area contributed by atoms with Crippen molar-refractivity contribution in [1.82, 2.24) is 15.0 Å². The Bertz CT molecular complexity index is 201. The van der Waals surface area contributed by atoms with Crippen LogP contribution in [0.15, 0.2) is 6.20 Å². The number of aryl methyl sites for hydroxylation is 1. The summed E-state index contributed by atoms with van der Waals surface area (Å²) in [7, 11) is 1.85. The van der Waals surface area contributed by atoms with Gasteiger partial charge in [0.1, 0.15) is 23.0 Å². The predicted octanol–water partition coefficient (Wildman–Crippen LogP) is 0.724. The van der Waals surface area contributed by atoms with Crippen LogP contribution in [0.4, 0.5) is 0 Å². The zero-order chi connectivity index (χ0) is 7.40. The molecule has 10 heavy (non-hydrogen) atoms. The van der Waals surface area contributed by atoms with E-state index in [4.69, 9.17) is 3.07 Å². The molecule has 0 saturated carbocycles. The standard InChI is InChI=1S/C5H8IN3O/c1-9-4-5(7-8-9)2-3-10-6/h4H,2-3H2,1H3. The smallest absolute Gasteiger partial charge is 0.109 e. The first-order chi connectivity index (χ1) is 4.83. The molecule has 0 spiro atoms. The van der Waals surface area contributed by atoms with E-state index in [-0.39, 0.29) is 0 Å². The Balaban J connectivity index is 2.42. The molecule has 1 aromatic rings. The van der Waals surface area contributed by atoms with E-state index in [2.05, 4.69) is 10.3 Å². The first kappa shape index (κ1) is 7.93. The minimum Gasteiger partial charge on any atom is -0.315 e. The van der Waals surface area contributed by atoms with Crippen molar-refractivity contribution in [2.75, 3.05) is 6.61 Å². The van der Waals surface area contributed by atoms with Crippen molar-refractivity contribution >= 4 is 23.0 Å². The van der Waals surface area contributed by atoms with Crippen molar-refractivity contribution in [2.45, 2.75) is 6.42 Å². The van der Waals surface area contributed by atoms with E-state index in [0.717, 1.165) is 12.1 Å². The molecule has 4 nitrogen and oxygen atoms in total. The van der Waals surface area contributed by atoms with Gasteiger partial charge < -0.3 is 3.07 Å². The maximum absolute atomic E-state index is 4.85. The van der Waals surface area contributed by atoms with E-state index in [1.54, 1.807) is 4.68 Å². The van der Waals surface area contributed by atoms with Crippen LogP contribution in [0.1, 0.15) is 5.69 Å². The number of hydrogen-bond acceptors (Lipinski definition) is 3. The Morgan fingerprint density at radius 2 is 2.60 bits per heavy atom. The van der Waals surface area contributed by atoms with Gasteiger partial charge in [0.2, 0.25) is 0 Å². The molecule has 0 aliphatic carbocycles. The maximum atomic E-state index is 4.85. The third kappa shape index (κ3) is 2.22. The first-order valence-electron chi connectivity index (χ1n) is 2.91. The molecule has 0 aromatic carbocycles. The Hall–Kier alpha value is -0.170. The molecule has 0 fully saturated rings. The lowest BCUT2D eigenvalue weighted by Gasteiger charge is -1.88. The lowest BCUT2D eigenvalue weighted by molar-refractivity contribution is 0.429. The Morgan fingerprint density at radius 3 is 3.10 bits per heavy atom. The van der Waals surface area contributed by atoms with E-state index >= 15 is 0 Å². The highest BCUT2D eigenvalue weighted by molar-refractivity contribution is 14.1. The van der Waals surface area contributed by atoms with Crippen LogP contribution in [-0.2, 0) is 16.5 Å². The van der Waals surface area contributed by atoms with Gasteiger partial charge in [-0.2, -0.15) is 0 Å². The molecule has 0 saturated heterocycles. The summed E-state index contributed by atoms with van der Waals surface area (Å²) in [6.07, 6.45) is 2.71. The van der Waals surface area contributed by atoms with Crippen molar-refractivity contribution in [1.29, 1.82) is 0 Å². The second-order valence-corrected chi connectivity index (χ2v) is 2.57. The molecule has 5 heteroatoms. The van der Waals surface area contributed by atoms with E-state index in [0.29, 0.717) is 6.61 Å². The molecule has 1 heterocycles. The molecular formula is C5H8IN3O. The van der Waals surface area contributed by atoms with Gasteiger partial charge >= 0.3 is 0 Å². The molecule has 0 unspecified atom stereocenters. The summed E-state index contributed by atoms with van der Waals surface area (Å²) in [5.41, 5.74) is 0.971. The van der Waals surface area contributed by atoms with E-state index in [9.17, 15) is 0 Å². The van der Waals surface area contributed by atoms with Crippen molar-refractivity contribution in [3.63, 3.8) is 0 Å². The molecule has 0 bridgehead atoms. The molecule has 0 aliphatic heterocycles. The highest BCUT2D eigenvalue weighted by Crippen LogP contribution is 1.95. The number of rotatable bonds is 3. The minimum atomic E-state index is 0.694. The van der Waals surface area contributed by atoms with Gasteiger partial charge in [-0.05, 0) is 0 Å². The summed E-state index contributed by atoms with van der Waals surface area (Å²) >= 11 is 1.87. The maximum Gasteiger partial charge on any atom is 0.109 e. The Kier molecular flexibility index (Phi) is 3.07. The average Bonchev–Trinajstić information content (AvgIpc) is 2.31. The van der Waals surface area contributed by atoms with Crippen LogP contribution in [0.3, 0.4) is 0 Å². The quantitative estimate of drug-likeness (QED) is 0.745. The third-order valence-corrected chi connectivity index (χ3v) is 1.53. The summed E-state index contributed by atoms with van der Waals surface area (Å²) in [6, 6.07) is 0. The fourth-order valence-corrected chi connectivity index (χ4v) is 0.873. The Labute approximate surface area is 73.2 Å². The summed E-state index contributed by atoms with van der Waals surface area (Å²) < 4.78 is 6.53. The highest BCUT2D eigenvalue weighted by Gasteiger charge is 1.95. The van der Waals surface area contributed by atoms with Crippen LogP contribution in [0.5, 0.6) is 0 Å². The van der Waals surface area contributed by atoms with Crippen LogP contribution in [0, 0.1) is 0 Å². The van der Waals surface area contributed by atoms with Crippen molar-refractivity contribution < 1.29 is 3.07 Å². The monoisotopic (exact) mass is 253 g/mol. The normalized spacial score (nSPS) is 10.2. The molecule has 0 N–H and O–H groups in total. The third-order valence-electron chi connectivity index (χ3n) is 1.09. The highest BCUT2D eigenvalue weighted by atomic mass is 127. The summed E-state index contributed by atoms with van der Waals surface area (Å²) in [5, 5.41) is 7.66. The molecule has 0 aliphatic rings. The number of aromatic nitrogens is 3. The van der Waals surface area contributed by atoms with E-state index in [1.165, 1.54) is 0 Å². The fourth-order valence-electron chi connectivity index (χ4n) is 0.653. The molecular weight excluding hydrogens is 245 g/mol.